The third-order valence-corrected chi connectivity index (χ3v) is 13.8. The molecule has 13 atom stereocenters. The minimum absolute atomic E-state index is 0.0119. The van der Waals surface area contributed by atoms with Crippen LogP contribution < -0.4 is 0 Å². The summed E-state index contributed by atoms with van der Waals surface area (Å²) in [5.74, 6) is 0.866. The first-order chi connectivity index (χ1) is 18.2. The summed E-state index contributed by atoms with van der Waals surface area (Å²) >= 11 is 0. The van der Waals surface area contributed by atoms with Gasteiger partial charge in [-0.1, -0.05) is 60.1 Å². The van der Waals surface area contributed by atoms with Gasteiger partial charge in [-0.05, 0) is 91.3 Å². The summed E-state index contributed by atoms with van der Waals surface area (Å²) in [4.78, 5) is 13.8. The lowest BCUT2D eigenvalue weighted by molar-refractivity contribution is -0.273. The van der Waals surface area contributed by atoms with Crippen LogP contribution in [0.3, 0.4) is 0 Å². The highest BCUT2D eigenvalue weighted by Crippen LogP contribution is 2.75. The van der Waals surface area contributed by atoms with Crippen LogP contribution in [0.25, 0.3) is 0 Å². The molecule has 0 bridgehead atoms. The molecule has 6 heteroatoms. The van der Waals surface area contributed by atoms with Gasteiger partial charge in [0.2, 0.25) is 0 Å². The second-order valence-electron chi connectivity index (χ2n) is 15.5. The fraction of sp³-hybridized carbons (Fsp3) is 0.909. The SMILES string of the molecule is CCCOC(=O)[C@]12CC[C@@H](C)[C@H](C)C1C1=CCC3[C@@]4(C)C[C@@H](O)[C@H](O)[C@@](C)(CO)C4C(O)C[C@@]3(C)[C@]1(C)CC2. The van der Waals surface area contributed by atoms with E-state index in [2.05, 4.69) is 40.7 Å². The molecule has 0 aromatic rings. The molecule has 6 nitrogen and oxygen atoms in total. The van der Waals surface area contributed by atoms with Crippen LogP contribution in [0.2, 0.25) is 0 Å². The van der Waals surface area contributed by atoms with Gasteiger partial charge in [-0.3, -0.25) is 4.79 Å². The Labute approximate surface area is 235 Å². The summed E-state index contributed by atoms with van der Waals surface area (Å²) < 4.78 is 5.90. The zero-order valence-electron chi connectivity index (χ0n) is 25.4. The summed E-state index contributed by atoms with van der Waals surface area (Å²) in [7, 11) is 0. The lowest BCUT2D eigenvalue weighted by Crippen LogP contribution is -2.71. The molecule has 0 radical (unpaired) electrons. The highest BCUT2D eigenvalue weighted by molar-refractivity contribution is 5.79. The van der Waals surface area contributed by atoms with Gasteiger partial charge in [0.05, 0.1) is 36.9 Å². The summed E-state index contributed by atoms with van der Waals surface area (Å²) in [6.07, 6.45) is 5.98. The van der Waals surface area contributed by atoms with Crippen LogP contribution in [-0.2, 0) is 9.53 Å². The van der Waals surface area contributed by atoms with E-state index in [1.54, 1.807) is 0 Å². The number of allylic oxidation sites excluding steroid dienone is 2. The van der Waals surface area contributed by atoms with E-state index in [4.69, 9.17) is 4.74 Å². The van der Waals surface area contributed by atoms with Gasteiger partial charge in [-0.25, -0.2) is 0 Å². The van der Waals surface area contributed by atoms with Crippen molar-refractivity contribution < 1.29 is 30.0 Å². The number of hydrogen-bond acceptors (Lipinski definition) is 6. The number of carbonyl (C=O) groups is 1. The average Bonchev–Trinajstić information content (AvgIpc) is 2.88. The molecule has 0 amide bonds. The molecule has 222 valence electrons. The number of ether oxygens (including phenoxy) is 1. The zero-order valence-corrected chi connectivity index (χ0v) is 25.4. The number of aliphatic hydroxyl groups excluding tert-OH is 4. The summed E-state index contributed by atoms with van der Waals surface area (Å²) in [5.41, 5.74) is -0.957. The van der Waals surface area contributed by atoms with Crippen molar-refractivity contribution in [2.24, 2.45) is 56.7 Å². The van der Waals surface area contributed by atoms with E-state index in [9.17, 15) is 25.2 Å². The molecule has 39 heavy (non-hydrogen) atoms. The van der Waals surface area contributed by atoms with E-state index < -0.39 is 34.6 Å². The monoisotopic (exact) mass is 546 g/mol. The maximum Gasteiger partial charge on any atom is 0.312 e. The molecule has 4 saturated carbocycles. The van der Waals surface area contributed by atoms with Crippen LogP contribution in [-0.4, -0.2) is 57.9 Å². The van der Waals surface area contributed by atoms with Crippen molar-refractivity contribution in [1.82, 2.24) is 0 Å². The second-order valence-corrected chi connectivity index (χ2v) is 15.5. The van der Waals surface area contributed by atoms with Crippen LogP contribution in [0.15, 0.2) is 11.6 Å². The van der Waals surface area contributed by atoms with Crippen LogP contribution >= 0.6 is 0 Å². The molecular weight excluding hydrogens is 492 g/mol. The molecule has 5 aliphatic carbocycles. The molecule has 4 unspecified atom stereocenters. The molecule has 5 rings (SSSR count). The predicted octanol–water partition coefficient (Wildman–Crippen LogP) is 4.87. The van der Waals surface area contributed by atoms with Crippen LogP contribution in [0.5, 0.6) is 0 Å². The van der Waals surface area contributed by atoms with E-state index in [0.29, 0.717) is 31.3 Å². The Balaban J connectivity index is 1.62. The van der Waals surface area contributed by atoms with E-state index >= 15 is 0 Å². The topological polar surface area (TPSA) is 107 Å². The lowest BCUT2D eigenvalue weighted by atomic mass is 9.32. The molecule has 0 saturated heterocycles. The minimum atomic E-state index is -1.07. The maximum atomic E-state index is 13.8. The highest BCUT2D eigenvalue weighted by atomic mass is 16.5. The van der Waals surface area contributed by atoms with Gasteiger partial charge < -0.3 is 25.2 Å². The normalized spacial score (nSPS) is 54.9. The summed E-state index contributed by atoms with van der Waals surface area (Å²) in [5, 5.41) is 44.5. The smallest absolute Gasteiger partial charge is 0.312 e. The van der Waals surface area contributed by atoms with Crippen molar-refractivity contribution in [2.75, 3.05) is 13.2 Å². The number of hydrogen-bond donors (Lipinski definition) is 4. The van der Waals surface area contributed by atoms with Crippen LogP contribution in [0.4, 0.5) is 0 Å². The highest BCUT2D eigenvalue weighted by Gasteiger charge is 2.72. The molecule has 0 heterocycles. The fourth-order valence-electron chi connectivity index (χ4n) is 11.5. The minimum Gasteiger partial charge on any atom is -0.465 e. The van der Waals surface area contributed by atoms with Crippen molar-refractivity contribution in [3.05, 3.63) is 11.6 Å². The van der Waals surface area contributed by atoms with Gasteiger partial charge in [0, 0.05) is 11.3 Å². The van der Waals surface area contributed by atoms with Gasteiger partial charge in [0.25, 0.3) is 0 Å². The van der Waals surface area contributed by atoms with Gasteiger partial charge in [0.1, 0.15) is 0 Å². The van der Waals surface area contributed by atoms with Crippen molar-refractivity contribution in [3.63, 3.8) is 0 Å². The van der Waals surface area contributed by atoms with Gasteiger partial charge in [-0.15, -0.1) is 0 Å². The van der Waals surface area contributed by atoms with E-state index in [0.717, 1.165) is 38.5 Å². The van der Waals surface area contributed by atoms with E-state index in [-0.39, 0.29) is 41.2 Å². The second kappa shape index (κ2) is 9.54. The van der Waals surface area contributed by atoms with E-state index in [1.807, 2.05) is 13.8 Å². The summed E-state index contributed by atoms with van der Waals surface area (Å²) in [6, 6.07) is 0. The zero-order chi connectivity index (χ0) is 28.8. The number of fused-ring (bicyclic) bond motifs is 7. The largest absolute Gasteiger partial charge is 0.465 e. The van der Waals surface area contributed by atoms with E-state index in [1.165, 1.54) is 5.57 Å². The first kappa shape index (κ1) is 29.5. The lowest BCUT2D eigenvalue weighted by Gasteiger charge is -2.72. The van der Waals surface area contributed by atoms with Crippen LogP contribution in [0.1, 0.15) is 99.8 Å². The molecular formula is C33H54O6. The Kier molecular flexibility index (Phi) is 7.22. The first-order valence-corrected chi connectivity index (χ1v) is 15.7. The molecule has 0 spiro atoms. The molecule has 4 fully saturated rings. The average molecular weight is 547 g/mol. The molecule has 5 aliphatic rings. The predicted molar refractivity (Wildman–Crippen MR) is 150 cm³/mol. The number of rotatable bonds is 4. The third-order valence-electron chi connectivity index (χ3n) is 13.8. The molecule has 0 aromatic heterocycles. The van der Waals surface area contributed by atoms with Gasteiger partial charge >= 0.3 is 5.97 Å². The van der Waals surface area contributed by atoms with Crippen molar-refractivity contribution in [2.45, 2.75) is 118 Å². The van der Waals surface area contributed by atoms with Crippen LogP contribution in [0, 0.1) is 56.7 Å². The molecule has 0 aromatic carbocycles. The Bertz CT molecular complexity index is 1010. The Morgan fingerprint density at radius 2 is 1.72 bits per heavy atom. The Morgan fingerprint density at radius 1 is 1.03 bits per heavy atom. The van der Waals surface area contributed by atoms with Crippen molar-refractivity contribution in [1.29, 1.82) is 0 Å². The quantitative estimate of drug-likeness (QED) is 0.296. The van der Waals surface area contributed by atoms with Gasteiger partial charge in [-0.2, -0.15) is 0 Å². The Morgan fingerprint density at radius 3 is 2.36 bits per heavy atom. The standard InChI is InChI=1S/C33H54O6/c1-8-15-39-28(38)33-12-11-19(2)20(3)25(33)21-9-10-24-29(4)16-23(36)27(37)30(5,18-34)26(29)22(35)17-32(24,7)31(21,6)13-14-33/h9,19-20,22-27,34-37H,8,10-18H2,1-7H3/t19-,20+,22?,23-,24?,25?,26?,27+,29-,30+,31-,32-,33+/m1/s1. The van der Waals surface area contributed by atoms with Crippen molar-refractivity contribution in [3.8, 4) is 0 Å². The Hall–Kier alpha value is -0.950. The maximum absolute atomic E-state index is 13.8. The number of esters is 1. The van der Waals surface area contributed by atoms with Gasteiger partial charge in [0.15, 0.2) is 0 Å². The number of aliphatic hydroxyl groups is 4. The summed E-state index contributed by atoms with van der Waals surface area (Å²) in [6.45, 7) is 15.7. The fourth-order valence-corrected chi connectivity index (χ4v) is 11.5. The number of carbonyl (C=O) groups excluding carboxylic acids is 1. The third kappa shape index (κ3) is 3.69. The molecule has 0 aliphatic heterocycles. The van der Waals surface area contributed by atoms with Crippen molar-refractivity contribution >= 4 is 5.97 Å². The molecule has 4 N–H and O–H groups in total. The first-order valence-electron chi connectivity index (χ1n) is 15.7.